The van der Waals surface area contributed by atoms with E-state index in [1.54, 1.807) is 49.4 Å². The number of hydrogen-bond donors (Lipinski definition) is 0. The van der Waals surface area contributed by atoms with Crippen molar-refractivity contribution < 1.29 is 23.8 Å². The number of benzene rings is 2. The maximum absolute atomic E-state index is 13.3. The fourth-order valence-electron chi connectivity index (χ4n) is 3.33. The zero-order chi connectivity index (χ0) is 22.7. The van der Waals surface area contributed by atoms with Crippen molar-refractivity contribution >= 4 is 46.8 Å². The van der Waals surface area contributed by atoms with Gasteiger partial charge in [0, 0.05) is 5.70 Å². The molecule has 0 saturated carbocycles. The van der Waals surface area contributed by atoms with Crippen LogP contribution in [0.5, 0.6) is 11.5 Å². The summed E-state index contributed by atoms with van der Waals surface area (Å²) in [5.74, 6) is 0.104. The smallest absolute Gasteiger partial charge is 0.340 e. The molecule has 8 heteroatoms. The first-order valence-electron chi connectivity index (χ1n) is 9.44. The molecule has 1 aliphatic rings. The SMILES string of the molecule is CCOc1ccc(/C=C2\C(=O)N(c3ccc(Cl)c(Cl)c3)C(C)=C2C(=O)OC)cc1OC. The average Bonchev–Trinajstić information content (AvgIpc) is 3.00. The van der Waals surface area contributed by atoms with E-state index >= 15 is 0 Å². The summed E-state index contributed by atoms with van der Waals surface area (Å²) in [6, 6.07) is 10.1. The molecule has 1 amide bonds. The normalized spacial score (nSPS) is 15.0. The lowest BCUT2D eigenvalue weighted by Crippen LogP contribution is -2.24. The van der Waals surface area contributed by atoms with Crippen LogP contribution in [0.4, 0.5) is 5.69 Å². The van der Waals surface area contributed by atoms with Crippen LogP contribution in [-0.2, 0) is 14.3 Å². The number of carbonyl (C=O) groups excluding carboxylic acids is 2. The highest BCUT2D eigenvalue weighted by molar-refractivity contribution is 6.42. The van der Waals surface area contributed by atoms with E-state index in [4.69, 9.17) is 37.4 Å². The van der Waals surface area contributed by atoms with Crippen LogP contribution < -0.4 is 14.4 Å². The fourth-order valence-corrected chi connectivity index (χ4v) is 3.62. The van der Waals surface area contributed by atoms with Crippen LogP contribution in [0, 0.1) is 0 Å². The second-order valence-electron chi connectivity index (χ2n) is 6.59. The summed E-state index contributed by atoms with van der Waals surface area (Å²) in [7, 11) is 2.80. The standard InChI is InChI=1S/C23H21Cl2NO5/c1-5-31-19-9-6-14(11-20(19)29-3)10-16-21(23(28)30-4)13(2)26(22(16)27)15-7-8-17(24)18(25)12-15/h6-12H,5H2,1-4H3/b16-10-. The van der Waals surface area contributed by atoms with Gasteiger partial charge in [-0.2, -0.15) is 0 Å². The van der Waals surface area contributed by atoms with Crippen molar-refractivity contribution in [2.75, 3.05) is 25.7 Å². The van der Waals surface area contributed by atoms with Crippen LogP contribution in [0.2, 0.25) is 10.0 Å². The zero-order valence-corrected chi connectivity index (χ0v) is 19.0. The van der Waals surface area contributed by atoms with Gasteiger partial charge in [-0.05, 0) is 55.8 Å². The summed E-state index contributed by atoms with van der Waals surface area (Å²) in [6.07, 6.45) is 1.62. The van der Waals surface area contributed by atoms with Gasteiger partial charge < -0.3 is 14.2 Å². The Balaban J connectivity index is 2.12. The molecule has 2 aromatic carbocycles. The van der Waals surface area contributed by atoms with Gasteiger partial charge in [-0.3, -0.25) is 9.69 Å². The molecule has 6 nitrogen and oxygen atoms in total. The molecule has 1 heterocycles. The van der Waals surface area contributed by atoms with E-state index in [2.05, 4.69) is 0 Å². The number of carbonyl (C=O) groups is 2. The van der Waals surface area contributed by atoms with Gasteiger partial charge in [0.1, 0.15) is 0 Å². The van der Waals surface area contributed by atoms with Gasteiger partial charge in [0.15, 0.2) is 11.5 Å². The van der Waals surface area contributed by atoms with Crippen LogP contribution in [0.15, 0.2) is 53.2 Å². The third-order valence-corrected chi connectivity index (χ3v) is 5.49. The van der Waals surface area contributed by atoms with Gasteiger partial charge in [-0.15, -0.1) is 0 Å². The Labute approximate surface area is 190 Å². The van der Waals surface area contributed by atoms with Crippen LogP contribution in [0.3, 0.4) is 0 Å². The van der Waals surface area contributed by atoms with Crippen molar-refractivity contribution in [2.45, 2.75) is 13.8 Å². The van der Waals surface area contributed by atoms with Gasteiger partial charge in [-0.25, -0.2) is 4.79 Å². The lowest BCUT2D eigenvalue weighted by Gasteiger charge is -2.18. The van der Waals surface area contributed by atoms with E-state index in [0.717, 1.165) is 0 Å². The van der Waals surface area contributed by atoms with Gasteiger partial charge in [0.25, 0.3) is 5.91 Å². The maximum atomic E-state index is 13.3. The minimum Gasteiger partial charge on any atom is -0.493 e. The molecule has 0 aliphatic carbocycles. The average molecular weight is 462 g/mol. The van der Waals surface area contributed by atoms with Crippen molar-refractivity contribution in [3.05, 3.63) is 68.9 Å². The van der Waals surface area contributed by atoms with Crippen molar-refractivity contribution in [3.8, 4) is 11.5 Å². The Morgan fingerprint density at radius 3 is 2.42 bits per heavy atom. The molecule has 2 aromatic rings. The quantitative estimate of drug-likeness (QED) is 0.432. The molecule has 0 aromatic heterocycles. The van der Waals surface area contributed by atoms with Crippen LogP contribution in [0.1, 0.15) is 19.4 Å². The number of nitrogens with zero attached hydrogens (tertiary/aromatic N) is 1. The molecule has 0 unspecified atom stereocenters. The first kappa shape index (κ1) is 22.7. The molecule has 0 bridgehead atoms. The summed E-state index contributed by atoms with van der Waals surface area (Å²) in [4.78, 5) is 27.3. The maximum Gasteiger partial charge on any atom is 0.340 e. The topological polar surface area (TPSA) is 65.1 Å². The first-order valence-corrected chi connectivity index (χ1v) is 10.2. The summed E-state index contributed by atoms with van der Waals surface area (Å²) in [5, 5.41) is 0.664. The number of allylic oxidation sites excluding steroid dienone is 1. The Hall–Kier alpha value is -2.96. The van der Waals surface area contributed by atoms with Crippen molar-refractivity contribution in [1.29, 1.82) is 0 Å². The van der Waals surface area contributed by atoms with Gasteiger partial charge in [-0.1, -0.05) is 29.3 Å². The fraction of sp³-hybridized carbons (Fsp3) is 0.217. The number of amides is 1. The van der Waals surface area contributed by atoms with E-state index in [-0.39, 0.29) is 17.1 Å². The van der Waals surface area contributed by atoms with Crippen molar-refractivity contribution in [1.82, 2.24) is 0 Å². The van der Waals surface area contributed by atoms with Crippen LogP contribution in [0.25, 0.3) is 6.08 Å². The third kappa shape index (κ3) is 4.40. The van der Waals surface area contributed by atoms with Crippen LogP contribution >= 0.6 is 23.2 Å². The summed E-state index contributed by atoms with van der Waals surface area (Å²) >= 11 is 12.1. The van der Waals surface area contributed by atoms with E-state index in [0.29, 0.717) is 45.1 Å². The van der Waals surface area contributed by atoms with Crippen LogP contribution in [-0.4, -0.2) is 32.7 Å². The molecule has 162 valence electrons. The lowest BCUT2D eigenvalue weighted by molar-refractivity contribution is -0.136. The molecule has 3 rings (SSSR count). The van der Waals surface area contributed by atoms with E-state index < -0.39 is 5.97 Å². The van der Waals surface area contributed by atoms with Gasteiger partial charge >= 0.3 is 5.97 Å². The zero-order valence-electron chi connectivity index (χ0n) is 17.5. The monoisotopic (exact) mass is 461 g/mol. The molecule has 0 N–H and O–H groups in total. The molecule has 1 aliphatic heterocycles. The Kier molecular flexibility index (Phi) is 6.93. The second kappa shape index (κ2) is 9.45. The highest BCUT2D eigenvalue weighted by Crippen LogP contribution is 2.38. The van der Waals surface area contributed by atoms with Crippen molar-refractivity contribution in [2.24, 2.45) is 0 Å². The second-order valence-corrected chi connectivity index (χ2v) is 7.41. The predicted molar refractivity (Wildman–Crippen MR) is 121 cm³/mol. The number of hydrogen-bond acceptors (Lipinski definition) is 5. The Morgan fingerprint density at radius 2 is 1.81 bits per heavy atom. The number of ether oxygens (including phenoxy) is 3. The van der Waals surface area contributed by atoms with E-state index in [9.17, 15) is 9.59 Å². The predicted octanol–water partition coefficient (Wildman–Crippen LogP) is 5.28. The molecule has 31 heavy (non-hydrogen) atoms. The summed E-state index contributed by atoms with van der Waals surface area (Å²) in [5.41, 5.74) is 1.95. The number of methoxy groups -OCH3 is 2. The highest BCUT2D eigenvalue weighted by Gasteiger charge is 2.38. The molecule has 0 fully saturated rings. The molecule has 0 spiro atoms. The van der Waals surface area contributed by atoms with Gasteiger partial charge in [0.2, 0.25) is 0 Å². The molecule has 0 saturated heterocycles. The van der Waals surface area contributed by atoms with Crippen molar-refractivity contribution in [3.63, 3.8) is 0 Å². The minimum atomic E-state index is -0.613. The molecule has 0 radical (unpaired) electrons. The summed E-state index contributed by atoms with van der Waals surface area (Å²) < 4.78 is 15.9. The third-order valence-electron chi connectivity index (χ3n) is 4.75. The largest absolute Gasteiger partial charge is 0.493 e. The minimum absolute atomic E-state index is 0.173. The highest BCUT2D eigenvalue weighted by atomic mass is 35.5. The Morgan fingerprint density at radius 1 is 1.06 bits per heavy atom. The molecule has 0 atom stereocenters. The molecular weight excluding hydrogens is 441 g/mol. The Bertz CT molecular complexity index is 1110. The van der Waals surface area contributed by atoms with E-state index in [1.807, 2.05) is 6.92 Å². The molecular formula is C23H21Cl2NO5. The number of halogens is 2. The number of anilines is 1. The lowest BCUT2D eigenvalue weighted by atomic mass is 10.0. The number of rotatable bonds is 6. The number of esters is 1. The van der Waals surface area contributed by atoms with E-state index in [1.165, 1.54) is 19.1 Å². The van der Waals surface area contributed by atoms with Gasteiger partial charge in [0.05, 0.1) is 47.7 Å². The summed E-state index contributed by atoms with van der Waals surface area (Å²) in [6.45, 7) is 4.04. The first-order chi connectivity index (χ1) is 14.8.